The normalized spacial score (nSPS) is 23.0. The molecule has 104 valence electrons. The maximum atomic E-state index is 11.9. The van der Waals surface area contributed by atoms with Crippen LogP contribution in [0.15, 0.2) is 18.2 Å². The number of hydrogen-bond acceptors (Lipinski definition) is 4. The Kier molecular flexibility index (Phi) is 4.27. The van der Waals surface area contributed by atoms with Crippen molar-refractivity contribution in [1.82, 2.24) is 10.6 Å². The molecule has 1 saturated heterocycles. The Labute approximate surface area is 112 Å². The Balaban J connectivity index is 1.89. The monoisotopic (exact) mass is 264 g/mol. The van der Waals surface area contributed by atoms with Crippen LogP contribution in [0.5, 0.6) is 11.5 Å². The number of carbonyl (C=O) groups excluding carboxylic acids is 1. The molecular weight excluding hydrogens is 244 g/mol. The third-order valence-electron chi connectivity index (χ3n) is 3.57. The van der Waals surface area contributed by atoms with Crippen LogP contribution in [0.25, 0.3) is 0 Å². The zero-order chi connectivity index (χ0) is 13.8. The van der Waals surface area contributed by atoms with E-state index in [1.165, 1.54) is 18.2 Å². The first-order valence-electron chi connectivity index (χ1n) is 6.60. The molecule has 2 atom stereocenters. The van der Waals surface area contributed by atoms with Gasteiger partial charge in [0.25, 0.3) is 5.91 Å². The van der Waals surface area contributed by atoms with Crippen molar-refractivity contribution in [2.45, 2.75) is 25.8 Å². The number of nitrogens with one attached hydrogen (secondary N) is 2. The average Bonchev–Trinajstić information content (AvgIpc) is 2.41. The van der Waals surface area contributed by atoms with Crippen molar-refractivity contribution in [2.24, 2.45) is 5.92 Å². The smallest absolute Gasteiger partial charge is 0.255 e. The van der Waals surface area contributed by atoms with Gasteiger partial charge >= 0.3 is 0 Å². The molecule has 1 heterocycles. The molecule has 1 aromatic carbocycles. The molecule has 0 aromatic heterocycles. The molecule has 5 heteroatoms. The van der Waals surface area contributed by atoms with Gasteiger partial charge in [0.1, 0.15) is 0 Å². The second kappa shape index (κ2) is 5.93. The highest BCUT2D eigenvalue weighted by atomic mass is 16.3. The topological polar surface area (TPSA) is 81.6 Å². The standard InChI is InChI=1S/C14H20N2O3/c1-9-5-6-10(7-15-9)8-16-14(19)11-3-2-4-12(17)13(11)18/h2-4,9-10,15,17-18H,5-8H2,1H3,(H,16,19). The molecule has 1 aliphatic heterocycles. The number of carbonyl (C=O) groups is 1. The highest BCUT2D eigenvalue weighted by molar-refractivity contribution is 5.97. The molecule has 0 saturated carbocycles. The number of hydrogen-bond donors (Lipinski definition) is 4. The van der Waals surface area contributed by atoms with Crippen LogP contribution < -0.4 is 10.6 Å². The van der Waals surface area contributed by atoms with E-state index in [1.54, 1.807) is 0 Å². The predicted octanol–water partition coefficient (Wildman–Crippen LogP) is 1.22. The van der Waals surface area contributed by atoms with Gasteiger partial charge in [-0.05, 0) is 44.4 Å². The summed E-state index contributed by atoms with van der Waals surface area (Å²) in [4.78, 5) is 11.9. The highest BCUT2D eigenvalue weighted by Gasteiger charge is 2.19. The second-order valence-corrected chi connectivity index (χ2v) is 5.14. The summed E-state index contributed by atoms with van der Waals surface area (Å²) in [6.07, 6.45) is 2.19. The fourth-order valence-corrected chi connectivity index (χ4v) is 2.28. The molecule has 19 heavy (non-hydrogen) atoms. The predicted molar refractivity (Wildman–Crippen MR) is 72.3 cm³/mol. The van der Waals surface area contributed by atoms with E-state index in [2.05, 4.69) is 17.6 Å². The van der Waals surface area contributed by atoms with Gasteiger partial charge in [0.05, 0.1) is 5.56 Å². The average molecular weight is 264 g/mol. The lowest BCUT2D eigenvalue weighted by molar-refractivity contribution is 0.0940. The Morgan fingerprint density at radius 1 is 1.42 bits per heavy atom. The van der Waals surface area contributed by atoms with Gasteiger partial charge in [0.2, 0.25) is 0 Å². The number of benzene rings is 1. The van der Waals surface area contributed by atoms with E-state index in [1.807, 2.05) is 0 Å². The molecule has 4 N–H and O–H groups in total. The van der Waals surface area contributed by atoms with E-state index in [4.69, 9.17) is 0 Å². The summed E-state index contributed by atoms with van der Waals surface area (Å²) in [5, 5.41) is 25.1. The van der Waals surface area contributed by atoms with Gasteiger partial charge in [-0.15, -0.1) is 0 Å². The molecule has 0 radical (unpaired) electrons. The fraction of sp³-hybridized carbons (Fsp3) is 0.500. The number of amides is 1. The number of aromatic hydroxyl groups is 2. The SMILES string of the molecule is CC1CCC(CNC(=O)c2cccc(O)c2O)CN1. The molecule has 0 spiro atoms. The van der Waals surface area contributed by atoms with Crippen LogP contribution in [0.3, 0.4) is 0 Å². The molecule has 1 aromatic rings. The number of phenolic OH excluding ortho intramolecular Hbond substituents is 2. The lowest BCUT2D eigenvalue weighted by atomic mass is 9.95. The molecule has 1 aliphatic rings. The Bertz CT molecular complexity index is 454. The first-order chi connectivity index (χ1) is 9.08. The van der Waals surface area contributed by atoms with E-state index < -0.39 is 0 Å². The van der Waals surface area contributed by atoms with Crippen LogP contribution in [0, 0.1) is 5.92 Å². The van der Waals surface area contributed by atoms with Crippen molar-refractivity contribution >= 4 is 5.91 Å². The van der Waals surface area contributed by atoms with E-state index in [9.17, 15) is 15.0 Å². The first-order valence-corrected chi connectivity index (χ1v) is 6.60. The minimum absolute atomic E-state index is 0.108. The molecule has 2 rings (SSSR count). The molecule has 2 unspecified atom stereocenters. The minimum atomic E-state index is -0.365. The lowest BCUT2D eigenvalue weighted by Gasteiger charge is -2.27. The quantitative estimate of drug-likeness (QED) is 0.619. The lowest BCUT2D eigenvalue weighted by Crippen LogP contribution is -2.41. The van der Waals surface area contributed by atoms with Gasteiger partial charge in [-0.2, -0.15) is 0 Å². The summed E-state index contributed by atoms with van der Waals surface area (Å²) in [6, 6.07) is 4.92. The first kappa shape index (κ1) is 13.7. The summed E-state index contributed by atoms with van der Waals surface area (Å²) < 4.78 is 0. The summed E-state index contributed by atoms with van der Waals surface area (Å²) in [5.74, 6) is -0.581. The molecule has 0 aliphatic carbocycles. The second-order valence-electron chi connectivity index (χ2n) is 5.14. The number of para-hydroxylation sites is 1. The van der Waals surface area contributed by atoms with Gasteiger partial charge < -0.3 is 20.8 Å². The van der Waals surface area contributed by atoms with Gasteiger partial charge in [0.15, 0.2) is 11.5 Å². The van der Waals surface area contributed by atoms with Crippen molar-refractivity contribution in [3.05, 3.63) is 23.8 Å². The van der Waals surface area contributed by atoms with Crippen LogP contribution in [-0.4, -0.2) is 35.3 Å². The Hall–Kier alpha value is -1.75. The summed E-state index contributed by atoms with van der Waals surface area (Å²) >= 11 is 0. The summed E-state index contributed by atoms with van der Waals surface area (Å²) in [6.45, 7) is 3.63. The van der Waals surface area contributed by atoms with Crippen LogP contribution in [0.1, 0.15) is 30.1 Å². The fourth-order valence-electron chi connectivity index (χ4n) is 2.28. The Morgan fingerprint density at radius 3 is 2.89 bits per heavy atom. The zero-order valence-corrected chi connectivity index (χ0v) is 11.0. The summed E-state index contributed by atoms with van der Waals surface area (Å²) in [5.41, 5.74) is 0.108. The van der Waals surface area contributed by atoms with E-state index in [0.717, 1.165) is 19.4 Å². The van der Waals surface area contributed by atoms with E-state index in [-0.39, 0.29) is 23.0 Å². The molecule has 1 amide bonds. The van der Waals surface area contributed by atoms with Crippen molar-refractivity contribution in [3.8, 4) is 11.5 Å². The number of piperidine rings is 1. The maximum absolute atomic E-state index is 11.9. The Morgan fingerprint density at radius 2 is 2.21 bits per heavy atom. The van der Waals surface area contributed by atoms with Crippen molar-refractivity contribution in [2.75, 3.05) is 13.1 Å². The van der Waals surface area contributed by atoms with Crippen LogP contribution in [0.2, 0.25) is 0 Å². The maximum Gasteiger partial charge on any atom is 0.255 e. The van der Waals surface area contributed by atoms with E-state index in [0.29, 0.717) is 18.5 Å². The molecule has 0 bridgehead atoms. The van der Waals surface area contributed by atoms with Crippen molar-refractivity contribution in [1.29, 1.82) is 0 Å². The summed E-state index contributed by atoms with van der Waals surface area (Å²) in [7, 11) is 0. The zero-order valence-electron chi connectivity index (χ0n) is 11.0. The largest absolute Gasteiger partial charge is 0.504 e. The van der Waals surface area contributed by atoms with Gasteiger partial charge in [-0.25, -0.2) is 0 Å². The van der Waals surface area contributed by atoms with Gasteiger partial charge in [-0.3, -0.25) is 4.79 Å². The molecular formula is C14H20N2O3. The minimum Gasteiger partial charge on any atom is -0.504 e. The molecule has 1 fully saturated rings. The third kappa shape index (κ3) is 3.38. The highest BCUT2D eigenvalue weighted by Crippen LogP contribution is 2.28. The van der Waals surface area contributed by atoms with Crippen LogP contribution in [0.4, 0.5) is 0 Å². The molecule has 5 nitrogen and oxygen atoms in total. The van der Waals surface area contributed by atoms with Crippen molar-refractivity contribution in [3.63, 3.8) is 0 Å². The number of phenols is 2. The van der Waals surface area contributed by atoms with Gasteiger partial charge in [0, 0.05) is 12.6 Å². The van der Waals surface area contributed by atoms with Crippen LogP contribution in [-0.2, 0) is 0 Å². The third-order valence-corrected chi connectivity index (χ3v) is 3.57. The number of rotatable bonds is 3. The van der Waals surface area contributed by atoms with Crippen molar-refractivity contribution < 1.29 is 15.0 Å². The van der Waals surface area contributed by atoms with Gasteiger partial charge in [-0.1, -0.05) is 6.07 Å². The van der Waals surface area contributed by atoms with E-state index >= 15 is 0 Å². The van der Waals surface area contributed by atoms with Crippen LogP contribution >= 0.6 is 0 Å².